The van der Waals surface area contributed by atoms with Gasteiger partial charge < -0.3 is 19.4 Å². The average molecular weight is 449 g/mol. The van der Waals surface area contributed by atoms with E-state index in [4.69, 9.17) is 14.1 Å². The number of thiophene rings is 1. The number of rotatable bonds is 5. The van der Waals surface area contributed by atoms with Gasteiger partial charge in [0.25, 0.3) is 0 Å². The van der Waals surface area contributed by atoms with E-state index in [9.17, 15) is 9.59 Å². The highest BCUT2D eigenvalue weighted by atomic mass is 32.2. The highest BCUT2D eigenvalue weighted by Gasteiger charge is 2.07. The van der Waals surface area contributed by atoms with Gasteiger partial charge in [0.05, 0.1) is 10.6 Å². The maximum Gasteiger partial charge on any atom is 0.186 e. The number of Topliss-reactive ketones (excluding diaryl/α,β-unsaturated/α-hetero) is 1. The molecule has 9 heteroatoms. The molecule has 3 aromatic rings. The van der Waals surface area contributed by atoms with E-state index in [2.05, 4.69) is 29.5 Å². The van der Waals surface area contributed by atoms with Crippen molar-refractivity contribution in [2.24, 2.45) is 0 Å². The van der Waals surface area contributed by atoms with Gasteiger partial charge in [-0.05, 0) is 43.3 Å². The van der Waals surface area contributed by atoms with E-state index < -0.39 is 0 Å². The number of nitrogens with zero attached hydrogens (tertiary/aromatic N) is 1. The van der Waals surface area contributed by atoms with Gasteiger partial charge in [-0.3, -0.25) is 9.59 Å². The smallest absolute Gasteiger partial charge is 0.186 e. The van der Waals surface area contributed by atoms with E-state index in [1.807, 2.05) is 38.8 Å². The Balaban J connectivity index is 0.000000494. The van der Waals surface area contributed by atoms with Gasteiger partial charge in [0, 0.05) is 36.2 Å². The highest BCUT2D eigenvalue weighted by Crippen LogP contribution is 2.25. The van der Waals surface area contributed by atoms with Crippen LogP contribution in [0.3, 0.4) is 0 Å². The minimum Gasteiger partial charge on any atom is -0.388 e. The normalized spacial score (nSPS) is 8.90. The predicted molar refractivity (Wildman–Crippen MR) is 122 cm³/mol. The molecule has 2 aromatic heterocycles. The van der Waals surface area contributed by atoms with Crippen molar-refractivity contribution in [1.29, 1.82) is 0 Å². The Bertz CT molecular complexity index is 875. The SMILES string of the molecule is C=O.C=O.CNc1ccc(C(=O)CSC(C)=O)cc1.Cc1ccc(-c2ccon2)s1. The molecule has 0 radical (unpaired) electrons. The number of carbonyl (C=O) groups is 4. The number of aryl methyl sites for hydroxylation is 1. The number of thioether (sulfide) groups is 1. The molecule has 1 aromatic carbocycles. The van der Waals surface area contributed by atoms with Crippen LogP contribution in [0.25, 0.3) is 10.6 Å². The Kier molecular flexibility index (Phi) is 14.2. The minimum absolute atomic E-state index is 0.0159. The number of ketones is 1. The number of carbonyl (C=O) groups excluding carboxylic acids is 4. The van der Waals surface area contributed by atoms with Gasteiger partial charge in [-0.2, -0.15) is 0 Å². The Morgan fingerprint density at radius 3 is 2.13 bits per heavy atom. The minimum atomic E-state index is -0.0322. The molecule has 0 saturated heterocycles. The van der Waals surface area contributed by atoms with Crippen molar-refractivity contribution in [3.05, 3.63) is 59.2 Å². The average Bonchev–Trinajstić information content (AvgIpc) is 3.47. The summed E-state index contributed by atoms with van der Waals surface area (Å²) < 4.78 is 4.73. The number of hydrogen-bond acceptors (Lipinski definition) is 9. The lowest BCUT2D eigenvalue weighted by Gasteiger charge is -2.02. The van der Waals surface area contributed by atoms with Crippen molar-refractivity contribution in [3.63, 3.8) is 0 Å². The quantitative estimate of drug-likeness (QED) is 0.567. The molecule has 7 nitrogen and oxygen atoms in total. The molecule has 0 fully saturated rings. The molecular weight excluding hydrogens is 424 g/mol. The first-order valence-corrected chi connectivity index (χ1v) is 10.3. The molecule has 30 heavy (non-hydrogen) atoms. The van der Waals surface area contributed by atoms with Crippen LogP contribution in [-0.2, 0) is 14.4 Å². The van der Waals surface area contributed by atoms with Crippen molar-refractivity contribution in [1.82, 2.24) is 5.16 Å². The number of aromatic nitrogens is 1. The maximum absolute atomic E-state index is 11.6. The summed E-state index contributed by atoms with van der Waals surface area (Å²) in [4.78, 5) is 40.7. The molecule has 160 valence electrons. The van der Waals surface area contributed by atoms with Crippen LogP contribution in [0, 0.1) is 6.92 Å². The van der Waals surface area contributed by atoms with Gasteiger partial charge in [-0.25, -0.2) is 0 Å². The number of nitrogens with one attached hydrogen (secondary N) is 1. The zero-order valence-electron chi connectivity index (χ0n) is 17.0. The molecule has 0 saturated carbocycles. The monoisotopic (exact) mass is 448 g/mol. The number of hydrogen-bond donors (Lipinski definition) is 1. The Hall–Kier alpha value is -3.04. The molecule has 0 bridgehead atoms. The van der Waals surface area contributed by atoms with Crippen molar-refractivity contribution >= 4 is 53.3 Å². The first kappa shape index (κ1) is 27.0. The molecule has 0 atom stereocenters. The Morgan fingerprint density at radius 1 is 1.07 bits per heavy atom. The molecule has 1 N–H and O–H groups in total. The topological polar surface area (TPSA) is 106 Å². The van der Waals surface area contributed by atoms with E-state index >= 15 is 0 Å². The van der Waals surface area contributed by atoms with E-state index in [1.54, 1.807) is 29.7 Å². The third kappa shape index (κ3) is 9.94. The van der Waals surface area contributed by atoms with Crippen molar-refractivity contribution in [2.45, 2.75) is 13.8 Å². The van der Waals surface area contributed by atoms with Crippen molar-refractivity contribution in [3.8, 4) is 10.6 Å². The molecule has 0 amide bonds. The van der Waals surface area contributed by atoms with Gasteiger partial charge in [-0.1, -0.05) is 16.9 Å². The molecule has 3 rings (SSSR count). The summed E-state index contributed by atoms with van der Waals surface area (Å²) in [7, 11) is 1.82. The number of anilines is 1. The lowest BCUT2D eigenvalue weighted by molar-refractivity contribution is -0.109. The van der Waals surface area contributed by atoms with Crippen LogP contribution >= 0.6 is 23.1 Å². The van der Waals surface area contributed by atoms with Crippen LogP contribution in [0.15, 0.2) is 53.3 Å². The van der Waals surface area contributed by atoms with Crippen LogP contribution in [0.2, 0.25) is 0 Å². The van der Waals surface area contributed by atoms with Gasteiger partial charge in [-0.15, -0.1) is 11.3 Å². The summed E-state index contributed by atoms with van der Waals surface area (Å²) in [6.07, 6.45) is 1.59. The zero-order valence-corrected chi connectivity index (χ0v) is 18.7. The summed E-state index contributed by atoms with van der Waals surface area (Å²) in [5.41, 5.74) is 2.52. The number of benzene rings is 1. The van der Waals surface area contributed by atoms with Crippen LogP contribution in [0.1, 0.15) is 22.2 Å². The van der Waals surface area contributed by atoms with E-state index in [0.717, 1.165) is 28.0 Å². The summed E-state index contributed by atoms with van der Waals surface area (Å²) in [5.74, 6) is 0.201. The zero-order chi connectivity index (χ0) is 22.9. The van der Waals surface area contributed by atoms with Crippen LogP contribution in [0.4, 0.5) is 5.69 Å². The fourth-order valence-corrected chi connectivity index (χ4v) is 3.32. The van der Waals surface area contributed by atoms with Crippen LogP contribution in [0.5, 0.6) is 0 Å². The molecule has 0 aliphatic heterocycles. The van der Waals surface area contributed by atoms with Gasteiger partial charge in [0.1, 0.15) is 25.5 Å². The van der Waals surface area contributed by atoms with E-state index in [0.29, 0.717) is 5.56 Å². The standard InChI is InChI=1S/C11H13NO2S.C8H7NOS.2CH2O/c1-8(13)15-7-11(14)9-3-5-10(12-2)6-4-9;1-6-2-3-8(11-6)7-4-5-10-9-7;2*1-2/h3-6,12H,7H2,1-2H3;2-5H,1H3;2*1H2. The van der Waals surface area contributed by atoms with Gasteiger partial charge in [0.15, 0.2) is 10.9 Å². The van der Waals surface area contributed by atoms with Gasteiger partial charge in [0.2, 0.25) is 0 Å². The molecule has 2 heterocycles. The lowest BCUT2D eigenvalue weighted by atomic mass is 10.1. The summed E-state index contributed by atoms with van der Waals surface area (Å²) in [5, 5.41) is 6.78. The third-order valence-electron chi connectivity index (χ3n) is 3.33. The van der Waals surface area contributed by atoms with Gasteiger partial charge >= 0.3 is 0 Å². The maximum atomic E-state index is 11.6. The van der Waals surface area contributed by atoms with Crippen LogP contribution < -0.4 is 5.32 Å². The summed E-state index contributed by atoms with van der Waals surface area (Å²) >= 11 is 2.76. The molecule has 0 unspecified atom stereocenters. The largest absolute Gasteiger partial charge is 0.388 e. The highest BCUT2D eigenvalue weighted by molar-refractivity contribution is 8.14. The lowest BCUT2D eigenvalue weighted by Crippen LogP contribution is -2.04. The molecule has 0 aliphatic carbocycles. The molecular formula is C21H24N2O5S2. The molecule has 0 aliphatic rings. The second-order valence-electron chi connectivity index (χ2n) is 5.33. The molecule has 0 spiro atoms. The second-order valence-corrected chi connectivity index (χ2v) is 7.77. The van der Waals surface area contributed by atoms with E-state index in [1.165, 1.54) is 11.8 Å². The second kappa shape index (κ2) is 15.8. The van der Waals surface area contributed by atoms with Crippen molar-refractivity contribution < 1.29 is 23.7 Å². The fraction of sp³-hybridized carbons (Fsp3) is 0.190. The Labute approximate surface area is 183 Å². The summed E-state index contributed by atoms with van der Waals surface area (Å²) in [6.45, 7) is 7.54. The fourth-order valence-electron chi connectivity index (χ4n) is 1.99. The Morgan fingerprint density at radius 2 is 1.70 bits per heavy atom. The summed E-state index contributed by atoms with van der Waals surface area (Å²) in [6, 6.07) is 13.2. The van der Waals surface area contributed by atoms with Crippen LogP contribution in [-0.4, -0.2) is 42.4 Å². The van der Waals surface area contributed by atoms with E-state index in [-0.39, 0.29) is 16.7 Å². The predicted octanol–water partition coefficient (Wildman–Crippen LogP) is 4.53. The first-order valence-electron chi connectivity index (χ1n) is 8.49. The third-order valence-corrected chi connectivity index (χ3v) is 5.17. The van der Waals surface area contributed by atoms with Crippen molar-refractivity contribution in [2.75, 3.05) is 18.1 Å². The first-order chi connectivity index (χ1) is 14.5.